The van der Waals surface area contributed by atoms with Crippen LogP contribution >= 0.6 is 27.5 Å². The summed E-state index contributed by atoms with van der Waals surface area (Å²) in [6.45, 7) is 8.15. The fraction of sp³-hybridized carbons (Fsp3) is 0.529. The van der Waals surface area contributed by atoms with Crippen LogP contribution in [-0.4, -0.2) is 36.1 Å². The van der Waals surface area contributed by atoms with Crippen LogP contribution in [0, 0.1) is 12.8 Å². The number of hydrogen-bond donors (Lipinski definition) is 0. The van der Waals surface area contributed by atoms with E-state index in [0.29, 0.717) is 10.7 Å². The fourth-order valence-corrected chi connectivity index (χ4v) is 4.37. The number of aryl methyl sites for hydroxylation is 1. The quantitative estimate of drug-likeness (QED) is 0.615. The molecule has 7 nitrogen and oxygen atoms in total. The lowest BCUT2D eigenvalue weighted by Gasteiger charge is -2.25. The van der Waals surface area contributed by atoms with E-state index in [1.165, 1.54) is 0 Å². The Balaban J connectivity index is 1.72. The third-order valence-corrected chi connectivity index (χ3v) is 5.63. The van der Waals surface area contributed by atoms with Crippen LogP contribution in [0.4, 0.5) is 5.82 Å². The Hall–Kier alpha value is -1.67. The fourth-order valence-electron chi connectivity index (χ4n) is 3.66. The minimum Gasteiger partial charge on any atom is -0.348 e. The summed E-state index contributed by atoms with van der Waals surface area (Å²) in [5.41, 5.74) is 2.84. The van der Waals surface area contributed by atoms with Crippen molar-refractivity contribution < 1.29 is 0 Å². The van der Waals surface area contributed by atoms with Gasteiger partial charge in [0.15, 0.2) is 5.65 Å². The van der Waals surface area contributed by atoms with E-state index in [4.69, 9.17) is 16.7 Å². The summed E-state index contributed by atoms with van der Waals surface area (Å²) in [7, 11) is 0. The molecule has 1 fully saturated rings. The molecule has 3 aromatic heterocycles. The van der Waals surface area contributed by atoms with Crippen molar-refractivity contribution in [3.8, 4) is 0 Å². The van der Waals surface area contributed by atoms with Gasteiger partial charge in [0.2, 0.25) is 4.73 Å². The van der Waals surface area contributed by atoms with Crippen LogP contribution in [0.2, 0.25) is 5.15 Å². The van der Waals surface area contributed by atoms with Crippen molar-refractivity contribution in [3.63, 3.8) is 0 Å². The number of halogens is 2. The highest BCUT2D eigenvalue weighted by Gasteiger charge is 2.32. The lowest BCUT2D eigenvalue weighted by Crippen LogP contribution is -2.24. The van der Waals surface area contributed by atoms with Crippen LogP contribution in [0.5, 0.6) is 0 Å². The molecule has 4 rings (SSSR count). The predicted octanol–water partition coefficient (Wildman–Crippen LogP) is 4.04. The van der Waals surface area contributed by atoms with Gasteiger partial charge in [-0.3, -0.25) is 4.68 Å². The maximum Gasteiger partial charge on any atom is 0.221 e. The number of aromatic nitrogens is 6. The number of anilines is 1. The van der Waals surface area contributed by atoms with Gasteiger partial charge in [-0.15, -0.1) is 15.3 Å². The lowest BCUT2D eigenvalue weighted by molar-refractivity contribution is 0.481. The topological polar surface area (TPSA) is 64.1 Å². The molecule has 3 aromatic rings. The van der Waals surface area contributed by atoms with E-state index < -0.39 is 0 Å². The monoisotopic (exact) mass is 437 g/mol. The first-order chi connectivity index (χ1) is 12.5. The van der Waals surface area contributed by atoms with Crippen molar-refractivity contribution in [1.29, 1.82) is 0 Å². The summed E-state index contributed by atoms with van der Waals surface area (Å²) >= 11 is 10.1. The Morgan fingerprint density at radius 3 is 2.85 bits per heavy atom. The highest BCUT2D eigenvalue weighted by atomic mass is 79.9. The molecule has 0 amide bonds. The molecular formula is C17H21BrClN7. The van der Waals surface area contributed by atoms with Crippen LogP contribution in [0.15, 0.2) is 16.9 Å². The Morgan fingerprint density at radius 2 is 2.08 bits per heavy atom. The Morgan fingerprint density at radius 1 is 1.27 bits per heavy atom. The van der Waals surface area contributed by atoms with Gasteiger partial charge < -0.3 is 4.90 Å². The van der Waals surface area contributed by atoms with Gasteiger partial charge in [-0.1, -0.05) is 25.4 Å². The molecule has 0 N–H and O–H groups in total. The normalized spacial score (nSPS) is 17.8. The van der Waals surface area contributed by atoms with E-state index in [2.05, 4.69) is 50.0 Å². The van der Waals surface area contributed by atoms with E-state index in [-0.39, 0.29) is 6.04 Å². The van der Waals surface area contributed by atoms with Crippen LogP contribution in [-0.2, 0) is 6.54 Å². The second kappa shape index (κ2) is 6.81. The molecule has 0 radical (unpaired) electrons. The second-order valence-electron chi connectivity index (χ2n) is 7.15. The Labute approximate surface area is 165 Å². The van der Waals surface area contributed by atoms with Crippen LogP contribution in [0.25, 0.3) is 5.65 Å². The molecule has 1 unspecified atom stereocenters. The zero-order valence-corrected chi connectivity index (χ0v) is 17.4. The maximum absolute atomic E-state index is 6.73. The van der Waals surface area contributed by atoms with Gasteiger partial charge in [0, 0.05) is 18.7 Å². The van der Waals surface area contributed by atoms with Crippen LogP contribution in [0.3, 0.4) is 0 Å². The molecule has 1 aliphatic rings. The van der Waals surface area contributed by atoms with Crippen LogP contribution in [0.1, 0.15) is 44.0 Å². The van der Waals surface area contributed by atoms with Crippen molar-refractivity contribution >= 4 is 39.0 Å². The van der Waals surface area contributed by atoms with Gasteiger partial charge in [0.25, 0.3) is 0 Å². The summed E-state index contributed by atoms with van der Waals surface area (Å²) in [5, 5.41) is 18.2. The summed E-state index contributed by atoms with van der Waals surface area (Å²) < 4.78 is 4.24. The zero-order chi connectivity index (χ0) is 18.4. The molecule has 1 aliphatic heterocycles. The minimum atomic E-state index is 0.184. The highest BCUT2D eigenvalue weighted by Crippen LogP contribution is 2.40. The molecule has 0 aromatic carbocycles. The molecule has 138 valence electrons. The molecule has 0 bridgehead atoms. The molecule has 1 atom stereocenters. The van der Waals surface area contributed by atoms with E-state index in [1.807, 2.05) is 23.7 Å². The standard InChI is InChI=1S/C17H21BrClN7/c1-10(2)9-25-16(19)15(11(3)22-25)12-5-4-8-24(12)14-7-6-13-20-21-17(18)26(13)23-14/h6-7,10,12H,4-5,8-9H2,1-3H3. The smallest absolute Gasteiger partial charge is 0.221 e. The average Bonchev–Trinajstić information content (AvgIpc) is 3.27. The molecule has 26 heavy (non-hydrogen) atoms. The van der Waals surface area contributed by atoms with E-state index >= 15 is 0 Å². The minimum absolute atomic E-state index is 0.184. The highest BCUT2D eigenvalue weighted by molar-refractivity contribution is 9.10. The third kappa shape index (κ3) is 2.99. The van der Waals surface area contributed by atoms with Crippen molar-refractivity contribution in [2.45, 2.75) is 46.2 Å². The van der Waals surface area contributed by atoms with Crippen molar-refractivity contribution in [2.24, 2.45) is 5.92 Å². The molecule has 1 saturated heterocycles. The molecule has 9 heteroatoms. The number of fused-ring (bicyclic) bond motifs is 1. The molecule has 0 spiro atoms. The lowest BCUT2D eigenvalue weighted by atomic mass is 10.1. The van der Waals surface area contributed by atoms with Gasteiger partial charge in [0.05, 0.1) is 11.7 Å². The van der Waals surface area contributed by atoms with Crippen molar-refractivity contribution in [3.05, 3.63) is 33.3 Å². The van der Waals surface area contributed by atoms with E-state index in [1.54, 1.807) is 4.52 Å². The van der Waals surface area contributed by atoms with Crippen molar-refractivity contribution in [2.75, 3.05) is 11.4 Å². The number of hydrogen-bond acceptors (Lipinski definition) is 5. The first-order valence-electron chi connectivity index (χ1n) is 8.83. The first-order valence-corrected chi connectivity index (χ1v) is 10.00. The Bertz CT molecular complexity index is 948. The SMILES string of the molecule is Cc1nn(CC(C)C)c(Cl)c1C1CCCN1c1ccc2nnc(Br)n2n1. The Kier molecular flexibility index (Phi) is 4.64. The second-order valence-corrected chi connectivity index (χ2v) is 8.22. The van der Waals surface area contributed by atoms with Gasteiger partial charge in [-0.05, 0) is 53.7 Å². The zero-order valence-electron chi connectivity index (χ0n) is 15.0. The van der Waals surface area contributed by atoms with Gasteiger partial charge in [-0.2, -0.15) is 9.61 Å². The van der Waals surface area contributed by atoms with Gasteiger partial charge >= 0.3 is 0 Å². The predicted molar refractivity (Wildman–Crippen MR) is 105 cm³/mol. The molecule has 0 aliphatic carbocycles. The molecule has 0 saturated carbocycles. The maximum atomic E-state index is 6.73. The third-order valence-electron chi connectivity index (χ3n) is 4.74. The molecule has 4 heterocycles. The van der Waals surface area contributed by atoms with Gasteiger partial charge in [0.1, 0.15) is 11.0 Å². The largest absolute Gasteiger partial charge is 0.348 e. The molecular weight excluding hydrogens is 418 g/mol. The summed E-state index contributed by atoms with van der Waals surface area (Å²) in [6, 6.07) is 4.12. The number of rotatable bonds is 4. The van der Waals surface area contributed by atoms with Crippen LogP contribution < -0.4 is 4.90 Å². The van der Waals surface area contributed by atoms with Crippen molar-refractivity contribution in [1.82, 2.24) is 29.6 Å². The summed E-state index contributed by atoms with van der Waals surface area (Å²) in [4.78, 5) is 2.31. The first kappa shape index (κ1) is 17.7. The average molecular weight is 439 g/mol. The number of nitrogens with zero attached hydrogens (tertiary/aromatic N) is 7. The van der Waals surface area contributed by atoms with E-state index in [0.717, 1.165) is 53.8 Å². The summed E-state index contributed by atoms with van der Waals surface area (Å²) in [5.74, 6) is 1.39. The van der Waals surface area contributed by atoms with E-state index in [9.17, 15) is 0 Å². The van der Waals surface area contributed by atoms with Gasteiger partial charge in [-0.25, -0.2) is 0 Å². The summed E-state index contributed by atoms with van der Waals surface area (Å²) in [6.07, 6.45) is 2.13.